The van der Waals surface area contributed by atoms with Crippen molar-refractivity contribution in [1.82, 2.24) is 15.2 Å². The maximum absolute atomic E-state index is 13.1. The summed E-state index contributed by atoms with van der Waals surface area (Å²) in [6.45, 7) is 0.319. The molecule has 2 aromatic heterocycles. The molecule has 2 amide bonds. The smallest absolute Gasteiger partial charge is 0.352 e. The molecule has 4 heterocycles. The molecule has 2 atom stereocenters. The molecule has 0 spiro atoms. The molecule has 2 aliphatic heterocycles. The lowest BCUT2D eigenvalue weighted by Gasteiger charge is -2.49. The molecule has 36 heavy (non-hydrogen) atoms. The fourth-order valence-corrected chi connectivity index (χ4v) is 6.15. The zero-order valence-corrected chi connectivity index (χ0v) is 20.6. The number of hydrogen-bond acceptors (Lipinski definition) is 9. The highest BCUT2D eigenvalue weighted by molar-refractivity contribution is 8.00. The van der Waals surface area contributed by atoms with Gasteiger partial charge in [0.05, 0.1) is 0 Å². The number of carboxylic acids is 1. The highest BCUT2D eigenvalue weighted by Gasteiger charge is 2.54. The van der Waals surface area contributed by atoms with Crippen molar-refractivity contribution in [2.45, 2.75) is 18.0 Å². The molecule has 0 unspecified atom stereocenters. The number of carbonyl (C=O) groups excluding carboxylic acids is 2. The van der Waals surface area contributed by atoms with Gasteiger partial charge in [-0.1, -0.05) is 17.3 Å². The molecule has 11 nitrogen and oxygen atoms in total. The average molecular weight is 526 g/mol. The molecule has 0 bridgehead atoms. The summed E-state index contributed by atoms with van der Waals surface area (Å²) in [5, 5.41) is 18.7. The van der Waals surface area contributed by atoms with E-state index in [1.807, 2.05) is 47.2 Å². The summed E-state index contributed by atoms with van der Waals surface area (Å²) in [5.74, 6) is -1.97. The number of aliphatic carboxylic acids is 1. The number of anilines is 1. The van der Waals surface area contributed by atoms with Crippen LogP contribution in [0.5, 0.6) is 0 Å². The number of carboxylic acid groups (broad SMARTS) is 1. The number of oxime groups is 1. The van der Waals surface area contributed by atoms with Crippen molar-refractivity contribution in [3.8, 4) is 0 Å². The van der Waals surface area contributed by atoms with Gasteiger partial charge in [0, 0.05) is 34.2 Å². The van der Waals surface area contributed by atoms with Crippen molar-refractivity contribution in [2.24, 2.45) is 5.16 Å². The van der Waals surface area contributed by atoms with Crippen LogP contribution in [0, 0.1) is 0 Å². The van der Waals surface area contributed by atoms with Crippen molar-refractivity contribution < 1.29 is 28.9 Å². The van der Waals surface area contributed by atoms with Crippen LogP contribution in [0.1, 0.15) is 5.69 Å². The Hall–Kier alpha value is -3.97. The number of benzene rings is 1. The van der Waals surface area contributed by atoms with E-state index in [1.165, 1.54) is 23.8 Å². The number of β-lactam (4-membered cyclic amide) rings is 1. The number of thiazole rings is 1. The van der Waals surface area contributed by atoms with Crippen LogP contribution in [0.15, 0.2) is 64.4 Å². The molecule has 0 aliphatic carbocycles. The van der Waals surface area contributed by atoms with Crippen LogP contribution in [0.3, 0.4) is 0 Å². The number of fused-ring (bicyclic) bond motifs is 2. The molecule has 1 saturated heterocycles. The van der Waals surface area contributed by atoms with Gasteiger partial charge in [-0.25, -0.2) is 9.78 Å². The Labute approximate surface area is 213 Å². The Kier molecular flexibility index (Phi) is 6.33. The van der Waals surface area contributed by atoms with E-state index < -0.39 is 29.2 Å². The van der Waals surface area contributed by atoms with E-state index in [4.69, 9.17) is 10.6 Å². The minimum atomic E-state index is -1.19. The molecule has 5 rings (SSSR count). The first kappa shape index (κ1) is 23.8. The third-order valence-corrected chi connectivity index (χ3v) is 7.86. The van der Waals surface area contributed by atoms with Crippen LogP contribution < -0.4 is 15.6 Å². The van der Waals surface area contributed by atoms with Gasteiger partial charge in [0.15, 0.2) is 23.6 Å². The average Bonchev–Trinajstić information content (AvgIpc) is 3.31. The minimum absolute atomic E-state index is 0.0484. The normalized spacial score (nSPS) is 19.6. The number of amides is 2. The van der Waals surface area contributed by atoms with Crippen LogP contribution in [0.4, 0.5) is 5.13 Å². The number of aromatic nitrogens is 2. The van der Waals surface area contributed by atoms with Crippen molar-refractivity contribution >= 4 is 62.6 Å². The minimum Gasteiger partial charge on any atom is -0.477 e. The highest BCUT2D eigenvalue weighted by atomic mass is 32.2. The highest BCUT2D eigenvalue weighted by Crippen LogP contribution is 2.40. The number of nitrogens with zero attached hydrogens (tertiary/aromatic N) is 4. The van der Waals surface area contributed by atoms with E-state index in [9.17, 15) is 19.5 Å². The number of carbonyl (C=O) groups is 3. The van der Waals surface area contributed by atoms with Crippen molar-refractivity contribution in [2.75, 3.05) is 18.6 Å². The van der Waals surface area contributed by atoms with Crippen LogP contribution in [0.2, 0.25) is 0 Å². The molecule has 1 aromatic carbocycles. The van der Waals surface area contributed by atoms with E-state index in [1.54, 1.807) is 5.38 Å². The van der Waals surface area contributed by atoms with Crippen LogP contribution in [0.25, 0.3) is 10.9 Å². The monoisotopic (exact) mass is 525 g/mol. The van der Waals surface area contributed by atoms with Gasteiger partial charge in [-0.3, -0.25) is 14.5 Å². The molecule has 4 N–H and O–H groups in total. The van der Waals surface area contributed by atoms with Crippen LogP contribution in [-0.2, 0) is 25.8 Å². The van der Waals surface area contributed by atoms with E-state index in [2.05, 4.69) is 15.5 Å². The van der Waals surface area contributed by atoms with Gasteiger partial charge in [0.1, 0.15) is 29.9 Å². The molecular formula is C23H21N6O5S2+. The van der Waals surface area contributed by atoms with Gasteiger partial charge < -0.3 is 21.0 Å². The summed E-state index contributed by atoms with van der Waals surface area (Å²) in [5.41, 5.74) is 7.27. The van der Waals surface area contributed by atoms with Gasteiger partial charge in [-0.05, 0) is 12.1 Å². The Bertz CT molecular complexity index is 1450. The number of nitrogen functional groups attached to an aromatic ring is 1. The zero-order chi connectivity index (χ0) is 25.4. The summed E-state index contributed by atoms with van der Waals surface area (Å²) < 4.78 is 1.96. The van der Waals surface area contributed by atoms with Crippen molar-refractivity contribution in [3.63, 3.8) is 0 Å². The number of thioether (sulfide) groups is 1. The van der Waals surface area contributed by atoms with Gasteiger partial charge in [-0.15, -0.1) is 23.1 Å². The third-order valence-electron chi connectivity index (χ3n) is 5.85. The molecule has 1 fully saturated rings. The Morgan fingerprint density at radius 1 is 1.33 bits per heavy atom. The van der Waals surface area contributed by atoms with E-state index in [0.717, 1.165) is 22.2 Å². The van der Waals surface area contributed by atoms with Crippen LogP contribution in [-0.4, -0.2) is 62.8 Å². The fraction of sp³-hybridized carbons (Fsp3) is 0.217. The second-order valence-corrected chi connectivity index (χ2v) is 10.0. The van der Waals surface area contributed by atoms with E-state index in [0.29, 0.717) is 17.9 Å². The third kappa shape index (κ3) is 4.16. The number of rotatable bonds is 7. The number of nitrogens with two attached hydrogens (primary N) is 1. The first-order valence-corrected chi connectivity index (χ1v) is 12.7. The van der Waals surface area contributed by atoms with Gasteiger partial charge in [0.2, 0.25) is 5.52 Å². The summed E-state index contributed by atoms with van der Waals surface area (Å²) in [7, 11) is 1.29. The second-order valence-electron chi connectivity index (χ2n) is 8.01. The number of nitrogens with one attached hydrogen (secondary N) is 1. The Balaban J connectivity index is 1.38. The summed E-state index contributed by atoms with van der Waals surface area (Å²) >= 11 is 2.53. The Morgan fingerprint density at radius 3 is 2.83 bits per heavy atom. The van der Waals surface area contributed by atoms with E-state index in [-0.39, 0.29) is 22.2 Å². The van der Waals surface area contributed by atoms with Crippen molar-refractivity contribution in [1.29, 1.82) is 0 Å². The predicted molar refractivity (Wildman–Crippen MR) is 134 cm³/mol. The first-order chi connectivity index (χ1) is 17.4. The molecule has 0 radical (unpaired) electrons. The second kappa shape index (κ2) is 9.59. The van der Waals surface area contributed by atoms with Crippen molar-refractivity contribution in [3.05, 3.63) is 64.9 Å². The Morgan fingerprint density at radius 2 is 2.11 bits per heavy atom. The van der Waals surface area contributed by atoms with Crippen LogP contribution >= 0.6 is 23.1 Å². The number of hydrogen-bond donors (Lipinski definition) is 3. The lowest BCUT2D eigenvalue weighted by molar-refractivity contribution is -0.663. The lowest BCUT2D eigenvalue weighted by Crippen LogP contribution is -2.71. The standard InChI is InChI=1S/C23H20N6O5S2/c1-34-27-16(14-11-36-23(24)25-14)19(30)26-17-20(31)29-18(22(32)33)13(10-35-21(17)29)9-28-8-4-6-12-5-2-3-7-15(12)28/h2-8,11,17,21H,9-10H2,1H3,(H3-,24,25,26,30,32,33)/p+1/b27-16-/t17-,21-/m1/s1. The number of pyridine rings is 1. The maximum Gasteiger partial charge on any atom is 0.352 e. The molecular weight excluding hydrogens is 504 g/mol. The van der Waals surface area contributed by atoms with E-state index >= 15 is 0 Å². The molecule has 2 aliphatic rings. The summed E-state index contributed by atoms with van der Waals surface area (Å²) in [6.07, 6.45) is 1.88. The fourth-order valence-electron chi connectivity index (χ4n) is 4.27. The first-order valence-electron chi connectivity index (χ1n) is 10.8. The largest absolute Gasteiger partial charge is 0.477 e. The van der Waals surface area contributed by atoms with Gasteiger partial charge in [-0.2, -0.15) is 4.57 Å². The van der Waals surface area contributed by atoms with Gasteiger partial charge in [0.25, 0.3) is 11.8 Å². The summed E-state index contributed by atoms with van der Waals surface area (Å²) in [6, 6.07) is 10.8. The topological polar surface area (TPSA) is 151 Å². The van der Waals surface area contributed by atoms with Gasteiger partial charge >= 0.3 is 5.97 Å². The maximum atomic E-state index is 13.1. The molecule has 184 valence electrons. The molecule has 13 heteroatoms. The molecule has 3 aromatic rings. The lowest BCUT2D eigenvalue weighted by atomic mass is 10.0. The SMILES string of the molecule is CO/N=C(\C(=O)N[C@@H]1C(=O)N2C(C(=O)O)=C(C[n+]3cccc4ccccc43)CS[C@H]12)c1csc(N)n1. The predicted octanol–water partition coefficient (Wildman–Crippen LogP) is 0.955. The summed E-state index contributed by atoms with van der Waals surface area (Å²) in [4.78, 5) is 48.3. The zero-order valence-electron chi connectivity index (χ0n) is 19.0. The quantitative estimate of drug-likeness (QED) is 0.179. The number of para-hydroxylation sites is 1. The molecule has 0 saturated carbocycles.